The fraction of sp³-hybridized carbons (Fsp3) is 0.409. The highest BCUT2D eigenvalue weighted by Gasteiger charge is 2.05. The van der Waals surface area contributed by atoms with Crippen LogP contribution in [0.25, 0.3) is 0 Å². The molecule has 2 aromatic rings. The summed E-state index contributed by atoms with van der Waals surface area (Å²) in [6.07, 6.45) is 7.18. The second-order valence-electron chi connectivity index (χ2n) is 6.53. The molecule has 2 rings (SSSR count). The highest BCUT2D eigenvalue weighted by molar-refractivity contribution is 5.90. The van der Waals surface area contributed by atoms with Crippen molar-refractivity contribution in [1.29, 1.82) is 0 Å². The zero-order chi connectivity index (χ0) is 18.6. The summed E-state index contributed by atoms with van der Waals surface area (Å²) in [6.45, 7) is 2.96. The first-order chi connectivity index (χ1) is 12.7. The Morgan fingerprint density at radius 3 is 2.46 bits per heavy atom. The van der Waals surface area contributed by atoms with Gasteiger partial charge >= 0.3 is 0 Å². The predicted molar refractivity (Wildman–Crippen MR) is 109 cm³/mol. The molecule has 2 aromatic carbocycles. The first kappa shape index (κ1) is 19.8. The smallest absolute Gasteiger partial charge is 0.224 e. The molecule has 4 heteroatoms. The average molecular weight is 354 g/mol. The van der Waals surface area contributed by atoms with Gasteiger partial charge in [0.15, 0.2) is 0 Å². The number of nitrogen functional groups attached to an aromatic ring is 1. The van der Waals surface area contributed by atoms with Gasteiger partial charge in [-0.2, -0.15) is 0 Å². The molecule has 0 radical (unpaired) electrons. The van der Waals surface area contributed by atoms with Gasteiger partial charge in [-0.05, 0) is 48.7 Å². The van der Waals surface area contributed by atoms with Crippen molar-refractivity contribution in [3.63, 3.8) is 0 Å². The number of nitrogens with one attached hydrogen (secondary N) is 1. The Bertz CT molecular complexity index is 668. The van der Waals surface area contributed by atoms with E-state index in [4.69, 9.17) is 10.5 Å². The van der Waals surface area contributed by atoms with Crippen molar-refractivity contribution in [1.82, 2.24) is 0 Å². The van der Waals surface area contributed by atoms with E-state index in [-0.39, 0.29) is 5.91 Å². The van der Waals surface area contributed by atoms with E-state index < -0.39 is 0 Å². The van der Waals surface area contributed by atoms with Crippen molar-refractivity contribution in [3.05, 3.63) is 54.1 Å². The van der Waals surface area contributed by atoms with Crippen molar-refractivity contribution in [2.75, 3.05) is 17.7 Å². The zero-order valence-electron chi connectivity index (χ0n) is 15.7. The normalized spacial score (nSPS) is 10.5. The van der Waals surface area contributed by atoms with Gasteiger partial charge in [0, 0.05) is 17.8 Å². The van der Waals surface area contributed by atoms with Crippen LogP contribution in [0, 0.1) is 0 Å². The molecule has 3 N–H and O–H groups in total. The number of para-hydroxylation sites is 1. The lowest BCUT2D eigenvalue weighted by molar-refractivity contribution is -0.116. The molecule has 0 saturated carbocycles. The molecule has 0 heterocycles. The van der Waals surface area contributed by atoms with Gasteiger partial charge in [0.25, 0.3) is 0 Å². The van der Waals surface area contributed by atoms with Crippen molar-refractivity contribution in [3.8, 4) is 5.75 Å². The summed E-state index contributed by atoms with van der Waals surface area (Å²) in [4.78, 5) is 12.1. The molecule has 0 fully saturated rings. The lowest BCUT2D eigenvalue weighted by atomic mass is 10.1. The Morgan fingerprint density at radius 2 is 1.73 bits per heavy atom. The van der Waals surface area contributed by atoms with Crippen LogP contribution in [-0.2, 0) is 11.2 Å². The Balaban J connectivity index is 1.69. The number of nitrogens with two attached hydrogens (primary N) is 1. The van der Waals surface area contributed by atoms with E-state index in [1.165, 1.54) is 25.7 Å². The first-order valence-corrected chi connectivity index (χ1v) is 9.55. The highest BCUT2D eigenvalue weighted by atomic mass is 16.5. The summed E-state index contributed by atoms with van der Waals surface area (Å²) in [5, 5.41) is 2.91. The number of aryl methyl sites for hydroxylation is 1. The maximum absolute atomic E-state index is 12.1. The minimum Gasteiger partial charge on any atom is -0.494 e. The quantitative estimate of drug-likeness (QED) is 0.431. The van der Waals surface area contributed by atoms with Crippen LogP contribution in [0.1, 0.15) is 51.0 Å². The van der Waals surface area contributed by atoms with Crippen molar-refractivity contribution < 1.29 is 9.53 Å². The molecule has 0 aromatic heterocycles. The van der Waals surface area contributed by atoms with E-state index in [9.17, 15) is 4.79 Å². The molecule has 0 saturated heterocycles. The van der Waals surface area contributed by atoms with E-state index in [1.54, 1.807) is 0 Å². The van der Waals surface area contributed by atoms with Gasteiger partial charge in [-0.3, -0.25) is 4.79 Å². The number of hydrogen-bond acceptors (Lipinski definition) is 3. The second-order valence-corrected chi connectivity index (χ2v) is 6.53. The molecular weight excluding hydrogens is 324 g/mol. The van der Waals surface area contributed by atoms with E-state index in [0.29, 0.717) is 12.8 Å². The zero-order valence-corrected chi connectivity index (χ0v) is 15.7. The molecule has 0 unspecified atom stereocenters. The highest BCUT2D eigenvalue weighted by Crippen LogP contribution is 2.17. The van der Waals surface area contributed by atoms with Gasteiger partial charge in [-0.25, -0.2) is 0 Å². The van der Waals surface area contributed by atoms with Crippen LogP contribution >= 0.6 is 0 Å². The summed E-state index contributed by atoms with van der Waals surface area (Å²) in [5.41, 5.74) is 8.43. The molecule has 0 aliphatic rings. The van der Waals surface area contributed by atoms with Crippen molar-refractivity contribution >= 4 is 17.3 Å². The minimum atomic E-state index is -0.0159. The van der Waals surface area contributed by atoms with Crippen LogP contribution in [0.2, 0.25) is 0 Å². The minimum absolute atomic E-state index is 0.0159. The molecule has 26 heavy (non-hydrogen) atoms. The average Bonchev–Trinajstić information content (AvgIpc) is 2.65. The van der Waals surface area contributed by atoms with E-state index in [0.717, 1.165) is 35.7 Å². The number of benzene rings is 2. The van der Waals surface area contributed by atoms with Gasteiger partial charge in [0.2, 0.25) is 5.91 Å². The molecule has 4 nitrogen and oxygen atoms in total. The fourth-order valence-electron chi connectivity index (χ4n) is 2.76. The standard InChI is InChI=1S/C22H30N2O2/c1-2-3-4-5-8-17-26-20-14-12-19(13-15-20)24-22(25)16-11-18-9-6-7-10-21(18)23/h6-7,9-10,12-15H,2-5,8,11,16-17,23H2,1H3,(H,24,25). The van der Waals surface area contributed by atoms with Gasteiger partial charge in [0.05, 0.1) is 6.61 Å². The molecule has 0 spiro atoms. The lowest BCUT2D eigenvalue weighted by Crippen LogP contribution is -2.12. The monoisotopic (exact) mass is 354 g/mol. The molecule has 0 bridgehead atoms. The van der Waals surface area contributed by atoms with Crippen LogP contribution in [0.5, 0.6) is 5.75 Å². The maximum atomic E-state index is 12.1. The molecule has 0 aliphatic carbocycles. The summed E-state index contributed by atoms with van der Waals surface area (Å²) in [5.74, 6) is 0.827. The van der Waals surface area contributed by atoms with Gasteiger partial charge in [0.1, 0.15) is 5.75 Å². The van der Waals surface area contributed by atoms with Crippen molar-refractivity contribution in [2.45, 2.75) is 51.9 Å². The summed E-state index contributed by atoms with van der Waals surface area (Å²) < 4.78 is 5.74. The third-order valence-corrected chi connectivity index (χ3v) is 4.33. The topological polar surface area (TPSA) is 64.3 Å². The van der Waals surface area contributed by atoms with E-state index in [1.807, 2.05) is 48.5 Å². The number of unbranched alkanes of at least 4 members (excludes halogenated alkanes) is 4. The van der Waals surface area contributed by atoms with Gasteiger partial charge < -0.3 is 15.8 Å². The largest absolute Gasteiger partial charge is 0.494 e. The summed E-state index contributed by atoms with van der Waals surface area (Å²) in [7, 11) is 0. The Morgan fingerprint density at radius 1 is 1.00 bits per heavy atom. The lowest BCUT2D eigenvalue weighted by Gasteiger charge is -2.09. The van der Waals surface area contributed by atoms with Crippen LogP contribution in [0.4, 0.5) is 11.4 Å². The third kappa shape index (κ3) is 7.18. The van der Waals surface area contributed by atoms with Crippen LogP contribution in [0.15, 0.2) is 48.5 Å². The van der Waals surface area contributed by atoms with Gasteiger partial charge in [-0.1, -0.05) is 50.8 Å². The first-order valence-electron chi connectivity index (χ1n) is 9.55. The Labute approximate surface area is 156 Å². The van der Waals surface area contributed by atoms with Crippen molar-refractivity contribution in [2.24, 2.45) is 0 Å². The number of anilines is 2. The number of rotatable bonds is 11. The fourth-order valence-corrected chi connectivity index (χ4v) is 2.76. The predicted octanol–water partition coefficient (Wildman–Crippen LogP) is 5.19. The second kappa shape index (κ2) is 11.2. The molecule has 140 valence electrons. The third-order valence-electron chi connectivity index (χ3n) is 4.33. The number of hydrogen-bond donors (Lipinski definition) is 2. The van der Waals surface area contributed by atoms with Crippen LogP contribution in [-0.4, -0.2) is 12.5 Å². The van der Waals surface area contributed by atoms with Gasteiger partial charge in [-0.15, -0.1) is 0 Å². The van der Waals surface area contributed by atoms with Crippen LogP contribution < -0.4 is 15.8 Å². The maximum Gasteiger partial charge on any atom is 0.224 e. The summed E-state index contributed by atoms with van der Waals surface area (Å²) in [6, 6.07) is 15.2. The molecule has 1 amide bonds. The Hall–Kier alpha value is -2.49. The Kier molecular flexibility index (Phi) is 8.53. The number of carbonyl (C=O) groups excluding carboxylic acids is 1. The molecule has 0 atom stereocenters. The number of ether oxygens (including phenoxy) is 1. The van der Waals surface area contributed by atoms with E-state index in [2.05, 4.69) is 12.2 Å². The molecular formula is C22H30N2O2. The molecule has 0 aliphatic heterocycles. The summed E-state index contributed by atoms with van der Waals surface area (Å²) >= 11 is 0. The van der Waals surface area contributed by atoms with Crippen LogP contribution in [0.3, 0.4) is 0 Å². The number of carbonyl (C=O) groups is 1. The number of amides is 1. The van der Waals surface area contributed by atoms with E-state index >= 15 is 0 Å². The SMILES string of the molecule is CCCCCCCOc1ccc(NC(=O)CCc2ccccc2N)cc1.